The van der Waals surface area contributed by atoms with E-state index in [1.807, 2.05) is 0 Å². The molecule has 0 aromatic carbocycles. The van der Waals surface area contributed by atoms with Gasteiger partial charge in [-0.2, -0.15) is 0 Å². The average molecular weight is 1390 g/mol. The topological polar surface area (TPSA) is 360 Å². The van der Waals surface area contributed by atoms with Gasteiger partial charge < -0.3 is 134 Å². The highest BCUT2D eigenvalue weighted by Gasteiger charge is 2.23. The van der Waals surface area contributed by atoms with E-state index < -0.39 is 17.8 Å². The van der Waals surface area contributed by atoms with Gasteiger partial charge in [-0.05, 0) is 0 Å². The summed E-state index contributed by atoms with van der Waals surface area (Å²) < 4.78 is 132. The Morgan fingerprint density at radius 2 is 0.469 bits per heavy atom. The second kappa shape index (κ2) is 70.6. The van der Waals surface area contributed by atoms with Crippen LogP contribution in [-0.4, -0.2) is 374 Å². The fraction of sp³-hybridized carbons (Fsp3) is 0.839. The number of carbonyl (C=O) groups is 4. The van der Waals surface area contributed by atoms with Crippen LogP contribution in [0.5, 0.6) is 11.8 Å². The largest absolute Gasteiger partial charge is 0.492 e. The van der Waals surface area contributed by atoms with Gasteiger partial charge in [0.05, 0.1) is 324 Å². The lowest BCUT2D eigenvalue weighted by atomic mass is 10.3. The molecule has 34 heteroatoms. The number of hydrogen-bond donors (Lipinski definition) is 3. The molecule has 0 aliphatic carbocycles. The monoisotopic (exact) mass is 1390 g/mol. The summed E-state index contributed by atoms with van der Waals surface area (Å²) in [5.41, 5.74) is 0. The summed E-state index contributed by atoms with van der Waals surface area (Å²) in [5.74, 6) is -2.51. The molecule has 1 aliphatic rings. The molecule has 0 radical (unpaired) electrons. The average Bonchev–Trinajstić information content (AvgIpc) is 1.88. The van der Waals surface area contributed by atoms with E-state index in [-0.39, 0.29) is 50.3 Å². The molecule has 0 unspecified atom stereocenters. The van der Waals surface area contributed by atoms with Crippen molar-refractivity contribution in [2.75, 3.05) is 330 Å². The van der Waals surface area contributed by atoms with Crippen LogP contribution in [0.25, 0.3) is 0 Å². The summed E-state index contributed by atoms with van der Waals surface area (Å²) >= 11 is 0. The Labute approximate surface area is 564 Å². The first-order chi connectivity index (χ1) is 47.4. The Bertz CT molecular complexity index is 1890. The summed E-state index contributed by atoms with van der Waals surface area (Å²) in [7, 11) is 0. The van der Waals surface area contributed by atoms with Gasteiger partial charge in [0, 0.05) is 43.8 Å². The maximum atomic E-state index is 11.8. The zero-order valence-electron chi connectivity index (χ0n) is 56.2. The first kappa shape index (κ1) is 87.8. The SMILES string of the molecule is O=C(CCN1C(=O)C=CC1=O)NCCOCCOCCOCCOCCOCCOCCOCCOCCOCCOCCOCCOCCOCCOCCOCCOCCOCCOCCOCCOCCOCCOCCOCCOCCC(=O)On1c(O)ccc1O. The van der Waals surface area contributed by atoms with Crippen LogP contribution in [0.15, 0.2) is 24.3 Å². The number of nitrogens with one attached hydrogen (secondary N) is 1. The Kier molecular flexibility index (Phi) is 64.6. The van der Waals surface area contributed by atoms with Crippen molar-refractivity contribution < 1.29 is 148 Å². The Hall–Kier alpha value is -4.26. The highest BCUT2D eigenvalue weighted by molar-refractivity contribution is 6.13. The van der Waals surface area contributed by atoms with Gasteiger partial charge in [0.2, 0.25) is 17.7 Å². The summed E-state index contributed by atoms with van der Waals surface area (Å²) in [6.45, 7) is 21.3. The van der Waals surface area contributed by atoms with Crippen LogP contribution in [0.4, 0.5) is 0 Å². The third kappa shape index (κ3) is 59.8. The molecule has 0 fully saturated rings. The maximum absolute atomic E-state index is 11.8. The molecular weight excluding hydrogens is 1280 g/mol. The Morgan fingerprint density at radius 3 is 0.677 bits per heavy atom. The van der Waals surface area contributed by atoms with Gasteiger partial charge in [-0.15, -0.1) is 4.73 Å². The third-order valence-corrected chi connectivity index (χ3v) is 12.0. The minimum atomic E-state index is -0.667. The fourth-order valence-corrected chi connectivity index (χ4v) is 7.17. The highest BCUT2D eigenvalue weighted by Crippen LogP contribution is 2.18. The second-order valence-corrected chi connectivity index (χ2v) is 19.5. The molecule has 3 N–H and O–H groups in total. The standard InChI is InChI=1S/C62H111N3O31/c66-57(5-8-64-58(67)1-2-59(64)68)63-7-10-73-12-14-75-16-18-77-20-22-79-24-26-81-28-30-83-32-34-85-36-38-87-40-42-89-44-46-91-48-50-93-52-54-95-56-55-94-53-51-92-49-47-90-45-43-88-41-39-86-37-35-84-33-31-82-29-27-80-25-23-78-21-19-76-17-15-74-13-11-72-9-6-62(71)96-65-60(69)3-4-61(65)70/h1-4,69-70H,5-56H2,(H,63,66). The Balaban J connectivity index is 1.09. The van der Waals surface area contributed by atoms with Crippen molar-refractivity contribution in [1.29, 1.82) is 0 Å². The normalized spacial score (nSPS) is 12.4. The lowest BCUT2D eigenvalue weighted by Crippen LogP contribution is -2.35. The molecule has 34 nitrogen and oxygen atoms in total. The van der Waals surface area contributed by atoms with Crippen molar-refractivity contribution >= 4 is 23.7 Å². The first-order valence-electron chi connectivity index (χ1n) is 32.8. The number of imide groups is 1. The quantitative estimate of drug-likeness (QED) is 0.0524. The summed E-state index contributed by atoms with van der Waals surface area (Å²) in [6.07, 6.45) is 2.36. The zero-order valence-corrected chi connectivity index (χ0v) is 56.2. The van der Waals surface area contributed by atoms with Crippen LogP contribution in [0.2, 0.25) is 0 Å². The molecule has 0 saturated carbocycles. The smallest absolute Gasteiger partial charge is 0.335 e. The summed E-state index contributed by atoms with van der Waals surface area (Å²) in [5, 5.41) is 21.6. The molecule has 0 saturated heterocycles. The molecule has 96 heavy (non-hydrogen) atoms. The molecule has 0 atom stereocenters. The van der Waals surface area contributed by atoms with E-state index >= 15 is 0 Å². The molecule has 2 rings (SSSR count). The number of aromatic hydroxyl groups is 2. The van der Waals surface area contributed by atoms with Crippen molar-refractivity contribution in [3.63, 3.8) is 0 Å². The van der Waals surface area contributed by atoms with Gasteiger partial charge in [-0.25, -0.2) is 4.79 Å². The van der Waals surface area contributed by atoms with Crippen LogP contribution >= 0.6 is 0 Å². The highest BCUT2D eigenvalue weighted by atomic mass is 16.7. The van der Waals surface area contributed by atoms with Crippen LogP contribution in [0.3, 0.4) is 0 Å². The molecule has 3 amide bonds. The number of rotatable bonds is 79. The van der Waals surface area contributed by atoms with E-state index in [0.717, 1.165) is 4.90 Å². The number of carbonyl (C=O) groups excluding carboxylic acids is 4. The van der Waals surface area contributed by atoms with Gasteiger partial charge >= 0.3 is 5.97 Å². The van der Waals surface area contributed by atoms with Crippen LogP contribution in [0.1, 0.15) is 12.8 Å². The summed E-state index contributed by atoms with van der Waals surface area (Å²) in [4.78, 5) is 52.4. The van der Waals surface area contributed by atoms with E-state index in [9.17, 15) is 29.4 Å². The zero-order chi connectivity index (χ0) is 68.6. The van der Waals surface area contributed by atoms with Crippen molar-refractivity contribution in [1.82, 2.24) is 14.9 Å². The van der Waals surface area contributed by atoms with Crippen molar-refractivity contribution in [2.45, 2.75) is 12.8 Å². The lowest BCUT2D eigenvalue weighted by molar-refractivity contribution is -0.147. The van der Waals surface area contributed by atoms with E-state index in [4.69, 9.17) is 119 Å². The fourth-order valence-electron chi connectivity index (χ4n) is 7.17. The Morgan fingerprint density at radius 1 is 0.281 bits per heavy atom. The summed E-state index contributed by atoms with van der Waals surface area (Å²) in [6, 6.07) is 2.39. The van der Waals surface area contributed by atoms with Gasteiger partial charge in [0.25, 0.3) is 11.8 Å². The van der Waals surface area contributed by atoms with Gasteiger partial charge in [-0.3, -0.25) is 19.3 Å². The number of ether oxygens (including phenoxy) is 24. The lowest BCUT2D eigenvalue weighted by Gasteiger charge is -2.13. The molecule has 560 valence electrons. The van der Waals surface area contributed by atoms with Crippen molar-refractivity contribution in [2.24, 2.45) is 0 Å². The molecular formula is C62H111N3O31. The van der Waals surface area contributed by atoms with Crippen LogP contribution in [-0.2, 0) is 133 Å². The predicted octanol–water partition coefficient (Wildman–Crippen LogP) is -0.926. The van der Waals surface area contributed by atoms with E-state index in [1.165, 1.54) is 24.3 Å². The van der Waals surface area contributed by atoms with Gasteiger partial charge in [0.1, 0.15) is 0 Å². The molecule has 1 aromatic heterocycles. The molecule has 0 spiro atoms. The van der Waals surface area contributed by atoms with Gasteiger partial charge in [-0.1, -0.05) is 0 Å². The first-order valence-corrected chi connectivity index (χ1v) is 32.8. The van der Waals surface area contributed by atoms with Crippen LogP contribution < -0.4 is 10.2 Å². The molecule has 1 aromatic rings. The minimum Gasteiger partial charge on any atom is -0.492 e. The molecule has 2 heterocycles. The third-order valence-electron chi connectivity index (χ3n) is 12.0. The second-order valence-electron chi connectivity index (χ2n) is 19.5. The van der Waals surface area contributed by atoms with Gasteiger partial charge in [0.15, 0.2) is 0 Å². The number of amides is 3. The van der Waals surface area contributed by atoms with Crippen molar-refractivity contribution in [3.8, 4) is 11.8 Å². The minimum absolute atomic E-state index is 0.0423. The maximum Gasteiger partial charge on any atom is 0.335 e. The molecule has 1 aliphatic heterocycles. The number of aromatic nitrogens is 1. The molecule has 0 bridgehead atoms. The predicted molar refractivity (Wildman–Crippen MR) is 337 cm³/mol. The van der Waals surface area contributed by atoms with E-state index in [2.05, 4.69) is 5.32 Å². The number of nitrogens with zero attached hydrogens (tertiary/aromatic N) is 2. The van der Waals surface area contributed by atoms with Crippen LogP contribution in [0, 0.1) is 0 Å². The van der Waals surface area contributed by atoms with E-state index in [1.54, 1.807) is 0 Å². The van der Waals surface area contributed by atoms with Crippen molar-refractivity contribution in [3.05, 3.63) is 24.3 Å². The van der Waals surface area contributed by atoms with E-state index in [0.29, 0.717) is 315 Å². The number of hydrogen-bond acceptors (Lipinski definition) is 31.